The minimum absolute atomic E-state index is 0.572. The van der Waals surface area contributed by atoms with Crippen molar-refractivity contribution in [2.45, 2.75) is 19.8 Å². The van der Waals surface area contributed by atoms with Crippen LogP contribution in [0.4, 0.5) is 0 Å². The molecule has 0 saturated heterocycles. The first-order chi connectivity index (χ1) is 9.20. The van der Waals surface area contributed by atoms with Crippen molar-refractivity contribution >= 4 is 23.2 Å². The van der Waals surface area contributed by atoms with Gasteiger partial charge in [0.25, 0.3) is 0 Å². The predicted octanol–water partition coefficient (Wildman–Crippen LogP) is 4.19. The summed E-state index contributed by atoms with van der Waals surface area (Å²) >= 11 is 12.0. The predicted molar refractivity (Wildman–Crippen MR) is 78.8 cm³/mol. The summed E-state index contributed by atoms with van der Waals surface area (Å²) in [5, 5.41) is 4.45. The second-order valence-corrected chi connectivity index (χ2v) is 5.04. The average molecular weight is 299 g/mol. The van der Waals surface area contributed by atoms with E-state index in [9.17, 15) is 0 Å². The van der Waals surface area contributed by atoms with Crippen molar-refractivity contribution in [1.29, 1.82) is 0 Å². The SMILES string of the molecule is CCNCCCc1ncc(-c2ccc(Cl)cc2Cl)o1. The first kappa shape index (κ1) is 14.4. The molecule has 3 nitrogen and oxygen atoms in total. The molecule has 2 aromatic rings. The lowest BCUT2D eigenvalue weighted by Gasteiger charge is -2.01. The van der Waals surface area contributed by atoms with Crippen LogP contribution < -0.4 is 5.32 Å². The summed E-state index contributed by atoms with van der Waals surface area (Å²) in [6.45, 7) is 4.04. The Morgan fingerprint density at radius 2 is 2.16 bits per heavy atom. The summed E-state index contributed by atoms with van der Waals surface area (Å²) in [5.41, 5.74) is 0.816. The Hall–Kier alpha value is -1.03. The number of aromatic nitrogens is 1. The van der Waals surface area contributed by atoms with Crippen molar-refractivity contribution in [3.63, 3.8) is 0 Å². The van der Waals surface area contributed by atoms with Gasteiger partial charge in [-0.15, -0.1) is 0 Å². The van der Waals surface area contributed by atoms with Crippen LogP contribution in [0.1, 0.15) is 19.2 Å². The van der Waals surface area contributed by atoms with Gasteiger partial charge >= 0.3 is 0 Å². The normalized spacial score (nSPS) is 10.9. The second kappa shape index (κ2) is 6.94. The van der Waals surface area contributed by atoms with E-state index >= 15 is 0 Å². The lowest BCUT2D eigenvalue weighted by Crippen LogP contribution is -2.14. The highest BCUT2D eigenvalue weighted by molar-refractivity contribution is 6.36. The minimum Gasteiger partial charge on any atom is -0.441 e. The van der Waals surface area contributed by atoms with Crippen LogP contribution in [0.2, 0.25) is 10.0 Å². The van der Waals surface area contributed by atoms with Gasteiger partial charge in [-0.3, -0.25) is 0 Å². The summed E-state index contributed by atoms with van der Waals surface area (Å²) in [7, 11) is 0. The van der Waals surface area contributed by atoms with Crippen molar-refractivity contribution in [3.8, 4) is 11.3 Å². The number of hydrogen-bond donors (Lipinski definition) is 1. The summed E-state index contributed by atoms with van der Waals surface area (Å²) in [6, 6.07) is 5.33. The molecule has 0 amide bonds. The number of halogens is 2. The molecule has 1 heterocycles. The summed E-state index contributed by atoms with van der Waals surface area (Å²) in [6.07, 6.45) is 3.53. The molecule has 0 aliphatic rings. The summed E-state index contributed by atoms with van der Waals surface area (Å²) in [4.78, 5) is 4.27. The van der Waals surface area contributed by atoms with E-state index < -0.39 is 0 Å². The molecule has 0 aliphatic heterocycles. The first-order valence-electron chi connectivity index (χ1n) is 6.31. The number of nitrogens with zero attached hydrogens (tertiary/aromatic N) is 1. The molecule has 0 atom stereocenters. The lowest BCUT2D eigenvalue weighted by molar-refractivity contribution is 0.493. The summed E-state index contributed by atoms with van der Waals surface area (Å²) in [5.74, 6) is 1.42. The van der Waals surface area contributed by atoms with Gasteiger partial charge in [0.15, 0.2) is 11.7 Å². The number of aryl methyl sites for hydroxylation is 1. The lowest BCUT2D eigenvalue weighted by atomic mass is 10.2. The van der Waals surface area contributed by atoms with Gasteiger partial charge in [-0.05, 0) is 37.7 Å². The molecular weight excluding hydrogens is 283 g/mol. The highest BCUT2D eigenvalue weighted by atomic mass is 35.5. The van der Waals surface area contributed by atoms with E-state index in [-0.39, 0.29) is 0 Å². The number of oxazole rings is 1. The molecule has 0 fully saturated rings. The molecule has 5 heteroatoms. The number of rotatable bonds is 6. The number of nitrogens with one attached hydrogen (secondary N) is 1. The van der Waals surface area contributed by atoms with E-state index in [0.29, 0.717) is 15.8 Å². The van der Waals surface area contributed by atoms with Crippen LogP contribution in [0.3, 0.4) is 0 Å². The molecule has 102 valence electrons. The van der Waals surface area contributed by atoms with E-state index in [1.807, 2.05) is 6.07 Å². The zero-order valence-electron chi connectivity index (χ0n) is 10.7. The molecule has 1 aromatic carbocycles. The monoisotopic (exact) mass is 298 g/mol. The van der Waals surface area contributed by atoms with Crippen molar-refractivity contribution in [2.24, 2.45) is 0 Å². The average Bonchev–Trinajstić information content (AvgIpc) is 2.83. The van der Waals surface area contributed by atoms with E-state index in [2.05, 4.69) is 17.2 Å². The van der Waals surface area contributed by atoms with E-state index in [4.69, 9.17) is 27.6 Å². The van der Waals surface area contributed by atoms with Crippen LogP contribution >= 0.6 is 23.2 Å². The quantitative estimate of drug-likeness (QED) is 0.813. The molecular formula is C14H16Cl2N2O. The molecule has 0 aliphatic carbocycles. The Morgan fingerprint density at radius 1 is 1.32 bits per heavy atom. The zero-order chi connectivity index (χ0) is 13.7. The van der Waals surface area contributed by atoms with Crippen LogP contribution in [0.25, 0.3) is 11.3 Å². The second-order valence-electron chi connectivity index (χ2n) is 4.20. The highest BCUT2D eigenvalue weighted by Gasteiger charge is 2.10. The fourth-order valence-electron chi connectivity index (χ4n) is 1.78. The van der Waals surface area contributed by atoms with E-state index in [1.165, 1.54) is 0 Å². The fraction of sp³-hybridized carbons (Fsp3) is 0.357. The third-order valence-electron chi connectivity index (χ3n) is 2.74. The Kier molecular flexibility index (Phi) is 5.25. The van der Waals surface area contributed by atoms with Crippen molar-refractivity contribution < 1.29 is 4.42 Å². The molecule has 0 spiro atoms. The number of benzene rings is 1. The molecule has 0 unspecified atom stereocenters. The van der Waals surface area contributed by atoms with Gasteiger partial charge in [0.2, 0.25) is 0 Å². The van der Waals surface area contributed by atoms with Gasteiger partial charge in [0.05, 0.1) is 11.2 Å². The van der Waals surface area contributed by atoms with Crippen LogP contribution in [-0.4, -0.2) is 18.1 Å². The molecule has 2 rings (SSSR count). The first-order valence-corrected chi connectivity index (χ1v) is 7.07. The molecule has 1 N–H and O–H groups in total. The standard InChI is InChI=1S/C14H16Cl2N2O/c1-2-17-7-3-4-14-18-9-13(19-14)11-6-5-10(15)8-12(11)16/h5-6,8-9,17H,2-4,7H2,1H3. The van der Waals surface area contributed by atoms with Gasteiger partial charge in [0.1, 0.15) is 0 Å². The Morgan fingerprint density at radius 3 is 2.89 bits per heavy atom. The zero-order valence-corrected chi connectivity index (χ0v) is 12.3. The molecule has 19 heavy (non-hydrogen) atoms. The molecule has 0 bridgehead atoms. The van der Waals surface area contributed by atoms with Crippen molar-refractivity contribution in [1.82, 2.24) is 10.3 Å². The topological polar surface area (TPSA) is 38.1 Å². The number of hydrogen-bond acceptors (Lipinski definition) is 3. The van der Waals surface area contributed by atoms with Crippen molar-refractivity contribution in [3.05, 3.63) is 40.3 Å². The Labute approximate surface area is 122 Å². The van der Waals surface area contributed by atoms with Gasteiger partial charge < -0.3 is 9.73 Å². The largest absolute Gasteiger partial charge is 0.441 e. The third-order valence-corrected chi connectivity index (χ3v) is 3.29. The van der Waals surface area contributed by atoms with Crippen LogP contribution in [0.5, 0.6) is 0 Å². The maximum Gasteiger partial charge on any atom is 0.194 e. The smallest absolute Gasteiger partial charge is 0.194 e. The van der Waals surface area contributed by atoms with Crippen molar-refractivity contribution in [2.75, 3.05) is 13.1 Å². The maximum absolute atomic E-state index is 6.14. The Balaban J connectivity index is 2.04. The fourth-order valence-corrected chi connectivity index (χ4v) is 2.28. The maximum atomic E-state index is 6.14. The Bertz CT molecular complexity index is 540. The minimum atomic E-state index is 0.572. The van der Waals surface area contributed by atoms with Gasteiger partial charge in [-0.2, -0.15) is 0 Å². The molecule has 0 radical (unpaired) electrons. The third kappa shape index (κ3) is 3.96. The molecule has 0 saturated carbocycles. The van der Waals surface area contributed by atoms with Crippen LogP contribution in [-0.2, 0) is 6.42 Å². The highest BCUT2D eigenvalue weighted by Crippen LogP contribution is 2.30. The van der Waals surface area contributed by atoms with Gasteiger partial charge in [0, 0.05) is 17.0 Å². The van der Waals surface area contributed by atoms with E-state index in [1.54, 1.807) is 18.3 Å². The van der Waals surface area contributed by atoms with Crippen LogP contribution in [0, 0.1) is 0 Å². The van der Waals surface area contributed by atoms with Crippen LogP contribution in [0.15, 0.2) is 28.8 Å². The van der Waals surface area contributed by atoms with E-state index in [0.717, 1.165) is 37.4 Å². The molecule has 1 aromatic heterocycles. The summed E-state index contributed by atoms with van der Waals surface area (Å²) < 4.78 is 5.70. The van der Waals surface area contributed by atoms with Gasteiger partial charge in [-0.1, -0.05) is 30.1 Å². The van der Waals surface area contributed by atoms with Gasteiger partial charge in [-0.25, -0.2) is 4.98 Å².